The molecule has 1 aromatic carbocycles. The van der Waals surface area contributed by atoms with Crippen molar-refractivity contribution in [3.63, 3.8) is 0 Å². The van der Waals surface area contributed by atoms with Crippen molar-refractivity contribution in [2.75, 3.05) is 41.5 Å². The molecule has 1 fully saturated rings. The van der Waals surface area contributed by atoms with E-state index in [1.807, 2.05) is 90.6 Å². The average molecular weight is 788 g/mol. The van der Waals surface area contributed by atoms with E-state index < -0.39 is 48.3 Å². The van der Waals surface area contributed by atoms with Gasteiger partial charge in [0.25, 0.3) is 0 Å². The topological polar surface area (TPSA) is 143 Å². The van der Waals surface area contributed by atoms with Gasteiger partial charge in [-0.1, -0.05) is 92.1 Å². The van der Waals surface area contributed by atoms with Crippen LogP contribution in [-0.4, -0.2) is 121 Å². The Labute approximate surface area is 337 Å². The molecule has 3 amide bonds. The van der Waals surface area contributed by atoms with Gasteiger partial charge in [0.15, 0.2) is 5.78 Å². The Morgan fingerprint density at radius 3 is 1.96 bits per heavy atom. The number of aliphatic hydroxyl groups is 1. The van der Waals surface area contributed by atoms with Crippen molar-refractivity contribution < 1.29 is 43.3 Å². The number of likely N-dealkylation sites (N-methyl/N-ethyl adjacent to an activating group) is 2. The molecule has 1 aliphatic rings. The zero-order valence-corrected chi connectivity index (χ0v) is 36.5. The maximum atomic E-state index is 14.4. The van der Waals surface area contributed by atoms with Gasteiger partial charge in [-0.25, -0.2) is 4.79 Å². The third-order valence-corrected chi connectivity index (χ3v) is 12.0. The maximum absolute atomic E-state index is 14.4. The molecule has 0 saturated carbocycles. The summed E-state index contributed by atoms with van der Waals surface area (Å²) < 4.78 is 17.2. The minimum atomic E-state index is -0.779. The number of aliphatic hydroxyl groups excluding tert-OH is 1. The second-order valence-corrected chi connectivity index (χ2v) is 16.6. The number of nitrogens with zero attached hydrogens (tertiary/aromatic N) is 3. The number of ether oxygens (including phenoxy) is 3. The Hall–Kier alpha value is -3.35. The fourth-order valence-corrected chi connectivity index (χ4v) is 8.51. The SMILES string of the molecule is CCOC(=O)N(C)[C@H](C(=O)C[C@H](C(=O)N(C)[C@@H]([C@@H](C)CC)[C@@H](CC(=O)N1CCC[C@H]1[C@H](OC)[C@@H](C)C(=O)C[C@H](C)[C@@H](O)c1ccccc1)OC)C(C)C)C(C)C. The second-order valence-electron chi connectivity index (χ2n) is 16.6. The zero-order chi connectivity index (χ0) is 42.4. The van der Waals surface area contributed by atoms with E-state index in [0.717, 1.165) is 18.4 Å². The summed E-state index contributed by atoms with van der Waals surface area (Å²) in [6.45, 7) is 17.7. The highest BCUT2D eigenvalue weighted by atomic mass is 16.6. The normalized spacial score (nSPS) is 19.4. The number of likely N-dealkylation sites (tertiary alicyclic amines) is 1. The lowest BCUT2D eigenvalue weighted by Crippen LogP contribution is -2.54. The summed E-state index contributed by atoms with van der Waals surface area (Å²) in [4.78, 5) is 73.5. The highest BCUT2D eigenvalue weighted by Gasteiger charge is 2.43. The summed E-state index contributed by atoms with van der Waals surface area (Å²) in [5.41, 5.74) is 0.763. The van der Waals surface area contributed by atoms with Crippen LogP contribution in [0, 0.1) is 35.5 Å². The second kappa shape index (κ2) is 23.2. The molecule has 1 saturated heterocycles. The molecule has 2 rings (SSSR count). The molecular weight excluding hydrogens is 714 g/mol. The van der Waals surface area contributed by atoms with Gasteiger partial charge >= 0.3 is 6.09 Å². The van der Waals surface area contributed by atoms with E-state index in [0.29, 0.717) is 13.0 Å². The number of carbonyl (C=O) groups is 5. The first-order chi connectivity index (χ1) is 26.4. The largest absolute Gasteiger partial charge is 0.450 e. The Morgan fingerprint density at radius 1 is 0.821 bits per heavy atom. The zero-order valence-electron chi connectivity index (χ0n) is 36.5. The number of benzene rings is 1. The number of hydrogen-bond donors (Lipinski definition) is 1. The van der Waals surface area contributed by atoms with Crippen molar-refractivity contribution >= 4 is 29.5 Å². The van der Waals surface area contributed by atoms with Gasteiger partial charge in [-0.3, -0.25) is 19.2 Å². The van der Waals surface area contributed by atoms with E-state index in [1.165, 1.54) is 4.90 Å². The molecule has 0 aromatic heterocycles. The molecule has 10 atom stereocenters. The van der Waals surface area contributed by atoms with Crippen LogP contribution in [0.3, 0.4) is 0 Å². The van der Waals surface area contributed by atoms with Crippen molar-refractivity contribution in [3.8, 4) is 0 Å². The summed E-state index contributed by atoms with van der Waals surface area (Å²) >= 11 is 0. The van der Waals surface area contributed by atoms with E-state index in [-0.39, 0.29) is 79.0 Å². The predicted molar refractivity (Wildman–Crippen MR) is 218 cm³/mol. The molecular formula is C44H73N3O9. The van der Waals surface area contributed by atoms with Crippen LogP contribution in [0.15, 0.2) is 30.3 Å². The Morgan fingerprint density at radius 2 is 1.45 bits per heavy atom. The Balaban J connectivity index is 2.28. The number of methoxy groups -OCH3 is 2. The molecule has 0 unspecified atom stereocenters. The van der Waals surface area contributed by atoms with Crippen LogP contribution in [0.2, 0.25) is 0 Å². The van der Waals surface area contributed by atoms with Gasteiger partial charge in [-0.15, -0.1) is 0 Å². The van der Waals surface area contributed by atoms with Gasteiger partial charge < -0.3 is 34.0 Å². The number of ketones is 2. The van der Waals surface area contributed by atoms with Crippen LogP contribution >= 0.6 is 0 Å². The summed E-state index contributed by atoms with van der Waals surface area (Å²) in [5, 5.41) is 10.9. The van der Waals surface area contributed by atoms with Gasteiger partial charge in [0.05, 0.1) is 49.5 Å². The molecule has 0 bridgehead atoms. The number of carbonyl (C=O) groups excluding carboxylic acids is 5. The smallest absolute Gasteiger partial charge is 0.410 e. The van der Waals surface area contributed by atoms with Gasteiger partial charge in [0.2, 0.25) is 11.8 Å². The fraction of sp³-hybridized carbons (Fsp3) is 0.750. The van der Waals surface area contributed by atoms with Gasteiger partial charge in [-0.2, -0.15) is 0 Å². The minimum Gasteiger partial charge on any atom is -0.450 e. The van der Waals surface area contributed by atoms with Crippen LogP contribution < -0.4 is 0 Å². The highest BCUT2D eigenvalue weighted by Crippen LogP contribution is 2.33. The van der Waals surface area contributed by atoms with Crippen LogP contribution in [0.5, 0.6) is 0 Å². The Kier molecular flexibility index (Phi) is 20.2. The molecule has 1 aromatic rings. The average Bonchev–Trinajstić information content (AvgIpc) is 3.65. The highest BCUT2D eigenvalue weighted by molar-refractivity contribution is 5.92. The van der Waals surface area contributed by atoms with E-state index in [4.69, 9.17) is 14.2 Å². The van der Waals surface area contributed by atoms with Crippen LogP contribution in [0.25, 0.3) is 0 Å². The van der Waals surface area contributed by atoms with Gasteiger partial charge in [0, 0.05) is 59.5 Å². The molecule has 12 nitrogen and oxygen atoms in total. The molecule has 56 heavy (non-hydrogen) atoms. The van der Waals surface area contributed by atoms with E-state index in [1.54, 1.807) is 40.1 Å². The lowest BCUT2D eigenvalue weighted by atomic mass is 9.83. The molecule has 0 radical (unpaired) electrons. The molecule has 0 aliphatic carbocycles. The number of rotatable bonds is 23. The van der Waals surface area contributed by atoms with E-state index >= 15 is 0 Å². The summed E-state index contributed by atoms with van der Waals surface area (Å²) in [6.07, 6.45) is -0.240. The standard InChI is InChI=1S/C44H73N3O9/c1-14-29(7)40(45(10)43(52)33(27(3)4)25-36(49)39(28(5)6)46(11)44(53)56-15-2)37(54-12)26-38(50)47-23-19-22-34(47)42(55-13)31(9)35(48)24-30(8)41(51)32-20-17-16-18-21-32/h16-18,20-21,27-31,33-34,37,39-42,51H,14-15,19,22-26H2,1-13H3/t29-,30-,31-,33-,34-,37+,39-,40-,41+,42+/m0/s1. The minimum absolute atomic E-state index is 0.0176. The predicted octanol–water partition coefficient (Wildman–Crippen LogP) is 6.58. The third-order valence-electron chi connectivity index (χ3n) is 12.0. The summed E-state index contributed by atoms with van der Waals surface area (Å²) in [6, 6.07) is 7.76. The number of hydrogen-bond acceptors (Lipinski definition) is 9. The van der Waals surface area contributed by atoms with Crippen molar-refractivity contribution in [2.45, 2.75) is 137 Å². The molecule has 1 heterocycles. The van der Waals surface area contributed by atoms with Crippen molar-refractivity contribution in [1.29, 1.82) is 0 Å². The Bertz CT molecular complexity index is 1410. The van der Waals surface area contributed by atoms with Crippen LogP contribution in [0.4, 0.5) is 4.79 Å². The van der Waals surface area contributed by atoms with Gasteiger partial charge in [0.1, 0.15) is 5.78 Å². The molecule has 12 heteroatoms. The molecule has 1 aliphatic heterocycles. The van der Waals surface area contributed by atoms with Crippen LogP contribution in [0.1, 0.15) is 113 Å². The molecule has 1 N–H and O–H groups in total. The molecule has 318 valence electrons. The third kappa shape index (κ3) is 12.6. The lowest BCUT2D eigenvalue weighted by molar-refractivity contribution is -0.149. The van der Waals surface area contributed by atoms with E-state index in [2.05, 4.69) is 0 Å². The monoisotopic (exact) mass is 788 g/mol. The first-order valence-corrected chi connectivity index (χ1v) is 20.7. The van der Waals surface area contributed by atoms with Gasteiger partial charge in [-0.05, 0) is 49.0 Å². The van der Waals surface area contributed by atoms with Crippen LogP contribution in [-0.2, 0) is 33.4 Å². The number of amides is 3. The van der Waals surface area contributed by atoms with E-state index in [9.17, 15) is 29.1 Å². The van der Waals surface area contributed by atoms with Crippen molar-refractivity contribution in [2.24, 2.45) is 35.5 Å². The first kappa shape index (κ1) is 48.8. The molecule has 0 spiro atoms. The van der Waals surface area contributed by atoms with Crippen molar-refractivity contribution in [3.05, 3.63) is 35.9 Å². The summed E-state index contributed by atoms with van der Waals surface area (Å²) in [7, 11) is 6.40. The maximum Gasteiger partial charge on any atom is 0.410 e. The lowest BCUT2D eigenvalue weighted by Gasteiger charge is -2.41. The summed E-state index contributed by atoms with van der Waals surface area (Å²) in [5.74, 6) is -2.50. The fourth-order valence-electron chi connectivity index (χ4n) is 8.51. The quantitative estimate of drug-likeness (QED) is 0.130. The first-order valence-electron chi connectivity index (χ1n) is 20.7. The van der Waals surface area contributed by atoms with Crippen molar-refractivity contribution in [1.82, 2.24) is 14.7 Å². The number of Topliss-reactive ketones (excluding diaryl/α,β-unsaturated/α-hetero) is 2.